The minimum absolute atomic E-state index is 0.0260. The van der Waals surface area contributed by atoms with E-state index >= 15 is 0 Å². The van der Waals surface area contributed by atoms with E-state index in [9.17, 15) is 4.79 Å². The third-order valence-corrected chi connectivity index (χ3v) is 2.81. The number of nitrogen functional groups attached to an aromatic ring is 1. The van der Waals surface area contributed by atoms with Crippen molar-refractivity contribution in [3.63, 3.8) is 0 Å². The first kappa shape index (κ1) is 14.4. The second-order valence-corrected chi connectivity index (χ2v) is 5.34. The number of anilines is 1. The number of hydrogen-bond donors (Lipinski definition) is 2. The summed E-state index contributed by atoms with van der Waals surface area (Å²) < 4.78 is 0. The molecule has 0 saturated heterocycles. The van der Waals surface area contributed by atoms with Gasteiger partial charge in [-0.1, -0.05) is 20.8 Å². The molecule has 5 heteroatoms. The highest BCUT2D eigenvalue weighted by molar-refractivity contribution is 5.94. The van der Waals surface area contributed by atoms with Crippen molar-refractivity contribution in [2.45, 2.75) is 33.1 Å². The zero-order valence-corrected chi connectivity index (χ0v) is 11.7. The minimum Gasteiger partial charge on any atom is -0.342 e. The molecular formula is C13H22N4O. The number of carbonyl (C=O) groups is 1. The molecule has 0 saturated carbocycles. The number of nitrogens with zero attached hydrogens (tertiary/aromatic N) is 2. The number of rotatable bonds is 3. The normalized spacial score (nSPS) is 11.2. The molecule has 0 bridgehead atoms. The first-order valence-corrected chi connectivity index (χ1v) is 6.04. The Kier molecular flexibility index (Phi) is 4.29. The van der Waals surface area contributed by atoms with E-state index in [4.69, 9.17) is 5.84 Å². The van der Waals surface area contributed by atoms with Crippen LogP contribution in [-0.4, -0.2) is 29.4 Å². The largest absolute Gasteiger partial charge is 0.342 e. The molecule has 0 aliphatic carbocycles. The highest BCUT2D eigenvalue weighted by Crippen LogP contribution is 2.23. The van der Waals surface area contributed by atoms with Crippen LogP contribution < -0.4 is 11.3 Å². The summed E-state index contributed by atoms with van der Waals surface area (Å²) in [4.78, 5) is 18.2. The summed E-state index contributed by atoms with van der Waals surface area (Å²) in [6, 6.07) is 3.50. The third-order valence-electron chi connectivity index (χ3n) is 2.81. The minimum atomic E-state index is -0.132. The van der Waals surface area contributed by atoms with Crippen LogP contribution in [0, 0.1) is 0 Å². The van der Waals surface area contributed by atoms with Gasteiger partial charge in [-0.3, -0.25) is 4.79 Å². The van der Waals surface area contributed by atoms with Crippen molar-refractivity contribution in [1.29, 1.82) is 0 Å². The standard InChI is InChI=1S/C13H22N4O/c1-6-17(5)12(18)9-7-10(13(2,3)4)15-11(8-9)16-14/h7-8H,6,14H2,1-5H3,(H,15,16). The summed E-state index contributed by atoms with van der Waals surface area (Å²) in [5, 5.41) is 0. The molecule has 0 aliphatic rings. The number of pyridine rings is 1. The summed E-state index contributed by atoms with van der Waals surface area (Å²) >= 11 is 0. The molecule has 0 aromatic carbocycles. The van der Waals surface area contributed by atoms with Crippen molar-refractivity contribution in [3.05, 3.63) is 23.4 Å². The van der Waals surface area contributed by atoms with Crippen molar-refractivity contribution >= 4 is 11.7 Å². The summed E-state index contributed by atoms with van der Waals surface area (Å²) in [6.45, 7) is 8.75. The molecule has 3 N–H and O–H groups in total. The predicted molar refractivity (Wildman–Crippen MR) is 73.4 cm³/mol. The Balaban J connectivity index is 3.24. The van der Waals surface area contributed by atoms with Crippen molar-refractivity contribution in [3.8, 4) is 0 Å². The Morgan fingerprint density at radius 3 is 2.50 bits per heavy atom. The van der Waals surface area contributed by atoms with Crippen LogP contribution in [0.2, 0.25) is 0 Å². The molecule has 0 atom stereocenters. The van der Waals surface area contributed by atoms with Crippen LogP contribution in [0.1, 0.15) is 43.7 Å². The lowest BCUT2D eigenvalue weighted by Crippen LogP contribution is -2.27. The molecule has 0 radical (unpaired) electrons. The summed E-state index contributed by atoms with van der Waals surface area (Å²) in [7, 11) is 1.77. The molecule has 0 unspecified atom stereocenters. The van der Waals surface area contributed by atoms with Crippen LogP contribution in [0.15, 0.2) is 12.1 Å². The van der Waals surface area contributed by atoms with Gasteiger partial charge in [0.25, 0.3) is 5.91 Å². The number of amides is 1. The van der Waals surface area contributed by atoms with E-state index in [1.54, 1.807) is 18.0 Å². The van der Waals surface area contributed by atoms with E-state index in [1.165, 1.54) is 0 Å². The van der Waals surface area contributed by atoms with Crippen LogP contribution in [0.25, 0.3) is 0 Å². The summed E-state index contributed by atoms with van der Waals surface area (Å²) in [5.41, 5.74) is 3.82. The lowest BCUT2D eigenvalue weighted by atomic mass is 9.90. The van der Waals surface area contributed by atoms with Gasteiger partial charge in [0, 0.05) is 30.3 Å². The van der Waals surface area contributed by atoms with Gasteiger partial charge in [-0.05, 0) is 19.1 Å². The molecule has 0 fully saturated rings. The fourth-order valence-corrected chi connectivity index (χ4v) is 1.48. The molecule has 5 nitrogen and oxygen atoms in total. The van der Waals surface area contributed by atoms with Crippen LogP contribution >= 0.6 is 0 Å². The van der Waals surface area contributed by atoms with E-state index in [0.717, 1.165) is 5.69 Å². The topological polar surface area (TPSA) is 71.2 Å². The van der Waals surface area contributed by atoms with Crippen LogP contribution in [0.4, 0.5) is 5.82 Å². The highest BCUT2D eigenvalue weighted by atomic mass is 16.2. The average Bonchev–Trinajstić information content (AvgIpc) is 2.35. The maximum atomic E-state index is 12.2. The fourth-order valence-electron chi connectivity index (χ4n) is 1.48. The summed E-state index contributed by atoms with van der Waals surface area (Å²) in [6.07, 6.45) is 0. The Morgan fingerprint density at radius 1 is 1.44 bits per heavy atom. The third kappa shape index (κ3) is 3.20. The van der Waals surface area contributed by atoms with E-state index < -0.39 is 0 Å². The number of carbonyl (C=O) groups excluding carboxylic acids is 1. The average molecular weight is 250 g/mol. The van der Waals surface area contributed by atoms with Crippen LogP contribution in [0.5, 0.6) is 0 Å². The van der Waals surface area contributed by atoms with Gasteiger partial charge in [0.2, 0.25) is 0 Å². The highest BCUT2D eigenvalue weighted by Gasteiger charge is 2.20. The predicted octanol–water partition coefficient (Wildman–Crippen LogP) is 1.76. The molecule has 1 amide bonds. The second-order valence-electron chi connectivity index (χ2n) is 5.34. The van der Waals surface area contributed by atoms with Crippen LogP contribution in [-0.2, 0) is 5.41 Å². The molecule has 100 valence electrons. The van der Waals surface area contributed by atoms with Gasteiger partial charge >= 0.3 is 0 Å². The van der Waals surface area contributed by atoms with E-state index in [0.29, 0.717) is 17.9 Å². The van der Waals surface area contributed by atoms with Gasteiger partial charge in [-0.2, -0.15) is 0 Å². The van der Waals surface area contributed by atoms with E-state index in [2.05, 4.69) is 10.4 Å². The number of nitrogens with one attached hydrogen (secondary N) is 1. The summed E-state index contributed by atoms with van der Waals surface area (Å²) in [5.74, 6) is 5.89. The van der Waals surface area contributed by atoms with Crippen molar-refractivity contribution < 1.29 is 4.79 Å². The Morgan fingerprint density at radius 2 is 2.06 bits per heavy atom. The van der Waals surface area contributed by atoms with Gasteiger partial charge in [0.1, 0.15) is 5.82 Å². The fraction of sp³-hybridized carbons (Fsp3) is 0.538. The van der Waals surface area contributed by atoms with Crippen molar-refractivity contribution in [1.82, 2.24) is 9.88 Å². The van der Waals surface area contributed by atoms with E-state index in [-0.39, 0.29) is 11.3 Å². The Labute approximate surface area is 108 Å². The lowest BCUT2D eigenvalue weighted by Gasteiger charge is -2.21. The molecule has 1 rings (SSSR count). The Hall–Kier alpha value is -1.62. The monoisotopic (exact) mass is 250 g/mol. The van der Waals surface area contributed by atoms with Crippen molar-refractivity contribution in [2.75, 3.05) is 19.0 Å². The molecule has 0 spiro atoms. The van der Waals surface area contributed by atoms with Gasteiger partial charge in [-0.15, -0.1) is 0 Å². The first-order chi connectivity index (χ1) is 8.29. The molecule has 0 aliphatic heterocycles. The number of hydrogen-bond acceptors (Lipinski definition) is 4. The zero-order valence-electron chi connectivity index (χ0n) is 11.7. The number of aromatic nitrogens is 1. The molecule has 18 heavy (non-hydrogen) atoms. The SMILES string of the molecule is CCN(C)C(=O)c1cc(NN)nc(C(C)(C)C)c1. The molecule has 1 heterocycles. The van der Waals surface area contributed by atoms with Crippen molar-refractivity contribution in [2.24, 2.45) is 5.84 Å². The molecule has 1 aromatic heterocycles. The Bertz CT molecular complexity index is 437. The van der Waals surface area contributed by atoms with Gasteiger partial charge in [0.05, 0.1) is 0 Å². The maximum Gasteiger partial charge on any atom is 0.253 e. The van der Waals surface area contributed by atoms with Gasteiger partial charge in [0.15, 0.2) is 0 Å². The maximum absolute atomic E-state index is 12.2. The van der Waals surface area contributed by atoms with Gasteiger partial charge < -0.3 is 10.3 Å². The van der Waals surface area contributed by atoms with E-state index in [1.807, 2.05) is 33.8 Å². The quantitative estimate of drug-likeness (QED) is 0.633. The number of nitrogens with two attached hydrogens (primary N) is 1. The zero-order chi connectivity index (χ0) is 13.9. The van der Waals surface area contributed by atoms with Gasteiger partial charge in [-0.25, -0.2) is 10.8 Å². The molecular weight excluding hydrogens is 228 g/mol. The van der Waals surface area contributed by atoms with Crippen LogP contribution in [0.3, 0.4) is 0 Å². The smallest absolute Gasteiger partial charge is 0.253 e. The lowest BCUT2D eigenvalue weighted by molar-refractivity contribution is 0.0802. The number of hydrazine groups is 1. The second kappa shape index (κ2) is 5.35. The first-order valence-electron chi connectivity index (χ1n) is 6.04. The molecule has 1 aromatic rings.